The van der Waals surface area contributed by atoms with E-state index in [4.69, 9.17) is 14.5 Å². The number of ether oxygens (including phenoxy) is 2. The number of nitrogens with zero attached hydrogens (tertiary/aromatic N) is 2. The molecule has 0 aromatic carbocycles. The fraction of sp³-hybridized carbons (Fsp3) is 0.706. The number of methoxy groups -OCH3 is 1. The highest BCUT2D eigenvalue weighted by atomic mass is 16.5. The minimum absolute atomic E-state index is 0.00816. The van der Waals surface area contributed by atoms with E-state index in [-0.39, 0.29) is 5.60 Å². The van der Waals surface area contributed by atoms with Gasteiger partial charge in [0.2, 0.25) is 0 Å². The van der Waals surface area contributed by atoms with Gasteiger partial charge < -0.3 is 19.7 Å². The molecule has 22 heavy (non-hydrogen) atoms. The molecule has 1 spiro atoms. The smallest absolute Gasteiger partial charge is 0.171 e. The maximum atomic E-state index is 6.29. The topological polar surface area (TPSA) is 46.6 Å². The van der Waals surface area contributed by atoms with Crippen LogP contribution in [0.4, 0.5) is 5.82 Å². The van der Waals surface area contributed by atoms with Crippen molar-refractivity contribution >= 4 is 5.82 Å². The molecule has 1 aromatic rings. The lowest BCUT2D eigenvalue weighted by Gasteiger charge is -2.47. The molecule has 5 nitrogen and oxygen atoms in total. The maximum Gasteiger partial charge on any atom is 0.171 e. The second-order valence-electron chi connectivity index (χ2n) is 6.98. The number of piperidine rings is 1. The standard InChI is InChI=1S/C17H25N3O2/c1-12-3-6-15(21-2)16(18-12)20-7-8-22-17(11-20)9-13-4-5-14(10-17)19-13/h3,6,13-14,19H,4-5,7-11H2,1-2H3/t13-,14+,17?. The van der Waals surface area contributed by atoms with Crippen molar-refractivity contribution in [2.75, 3.05) is 31.7 Å². The number of hydrogen-bond acceptors (Lipinski definition) is 5. The molecule has 0 aliphatic carbocycles. The molecule has 1 aromatic heterocycles. The predicted molar refractivity (Wildman–Crippen MR) is 85.6 cm³/mol. The zero-order valence-electron chi connectivity index (χ0n) is 13.5. The molecule has 4 rings (SSSR count). The molecule has 3 aliphatic heterocycles. The third kappa shape index (κ3) is 2.46. The molecule has 3 fully saturated rings. The fourth-order valence-corrected chi connectivity index (χ4v) is 4.39. The van der Waals surface area contributed by atoms with Crippen LogP contribution in [0, 0.1) is 6.92 Å². The van der Waals surface area contributed by atoms with E-state index >= 15 is 0 Å². The number of anilines is 1. The number of fused-ring (bicyclic) bond motifs is 2. The first-order valence-corrected chi connectivity index (χ1v) is 8.34. The average molecular weight is 303 g/mol. The highest BCUT2D eigenvalue weighted by Gasteiger charge is 2.47. The molecule has 4 heterocycles. The van der Waals surface area contributed by atoms with Gasteiger partial charge >= 0.3 is 0 Å². The van der Waals surface area contributed by atoms with Crippen LogP contribution < -0.4 is 15.0 Å². The summed E-state index contributed by atoms with van der Waals surface area (Å²) in [5, 5.41) is 3.71. The van der Waals surface area contributed by atoms with Gasteiger partial charge in [-0.25, -0.2) is 4.98 Å². The number of hydrogen-bond donors (Lipinski definition) is 1. The second-order valence-corrected chi connectivity index (χ2v) is 6.98. The van der Waals surface area contributed by atoms with Crippen molar-refractivity contribution in [2.24, 2.45) is 0 Å². The normalized spacial score (nSPS) is 34.2. The summed E-state index contributed by atoms with van der Waals surface area (Å²) in [4.78, 5) is 7.09. The minimum atomic E-state index is -0.00816. The van der Waals surface area contributed by atoms with Crippen molar-refractivity contribution in [1.82, 2.24) is 10.3 Å². The van der Waals surface area contributed by atoms with Gasteiger partial charge in [0.25, 0.3) is 0 Å². The third-order valence-electron chi connectivity index (χ3n) is 5.32. The Morgan fingerprint density at radius 1 is 1.32 bits per heavy atom. The van der Waals surface area contributed by atoms with Crippen LogP contribution in [0.25, 0.3) is 0 Å². The Hall–Kier alpha value is -1.33. The Kier molecular flexibility index (Phi) is 3.50. The molecule has 3 saturated heterocycles. The van der Waals surface area contributed by atoms with Crippen molar-refractivity contribution in [2.45, 2.75) is 50.3 Å². The van der Waals surface area contributed by atoms with Gasteiger partial charge in [-0.15, -0.1) is 0 Å². The summed E-state index contributed by atoms with van der Waals surface area (Å²) in [6.07, 6.45) is 4.83. The summed E-state index contributed by atoms with van der Waals surface area (Å²) in [5.74, 6) is 1.83. The van der Waals surface area contributed by atoms with E-state index in [0.29, 0.717) is 12.1 Å². The zero-order chi connectivity index (χ0) is 15.2. The van der Waals surface area contributed by atoms with Gasteiger partial charge in [0.15, 0.2) is 11.6 Å². The molecular formula is C17H25N3O2. The number of morpholine rings is 1. The van der Waals surface area contributed by atoms with Crippen molar-refractivity contribution in [3.8, 4) is 5.75 Å². The number of nitrogens with one attached hydrogen (secondary N) is 1. The van der Waals surface area contributed by atoms with Crippen LogP contribution >= 0.6 is 0 Å². The van der Waals surface area contributed by atoms with Gasteiger partial charge in [-0.05, 0) is 44.7 Å². The molecule has 5 heteroatoms. The predicted octanol–water partition coefficient (Wildman–Crippen LogP) is 1.89. The Labute approximate surface area is 132 Å². The summed E-state index contributed by atoms with van der Waals surface area (Å²) >= 11 is 0. The van der Waals surface area contributed by atoms with Gasteiger partial charge in [0, 0.05) is 30.9 Å². The fourth-order valence-electron chi connectivity index (χ4n) is 4.39. The summed E-state index contributed by atoms with van der Waals surface area (Å²) in [5.41, 5.74) is 1.02. The molecule has 3 atom stereocenters. The van der Waals surface area contributed by atoms with Crippen LogP contribution in [0.3, 0.4) is 0 Å². The van der Waals surface area contributed by atoms with Crippen LogP contribution in [-0.2, 0) is 4.74 Å². The van der Waals surface area contributed by atoms with E-state index in [2.05, 4.69) is 10.2 Å². The van der Waals surface area contributed by atoms with Crippen molar-refractivity contribution in [3.05, 3.63) is 17.8 Å². The molecular weight excluding hydrogens is 278 g/mol. The van der Waals surface area contributed by atoms with Crippen molar-refractivity contribution < 1.29 is 9.47 Å². The van der Waals surface area contributed by atoms with E-state index < -0.39 is 0 Å². The number of pyridine rings is 1. The van der Waals surface area contributed by atoms with Crippen LogP contribution in [0.1, 0.15) is 31.4 Å². The highest BCUT2D eigenvalue weighted by Crippen LogP contribution is 2.40. The Balaban J connectivity index is 1.60. The number of aromatic nitrogens is 1. The van der Waals surface area contributed by atoms with E-state index in [0.717, 1.165) is 49.8 Å². The molecule has 0 saturated carbocycles. The van der Waals surface area contributed by atoms with Crippen LogP contribution in [-0.4, -0.2) is 49.5 Å². The molecule has 1 unspecified atom stereocenters. The van der Waals surface area contributed by atoms with E-state index in [1.807, 2.05) is 19.1 Å². The number of rotatable bonds is 2. The van der Waals surface area contributed by atoms with Gasteiger partial charge in [-0.1, -0.05) is 0 Å². The van der Waals surface area contributed by atoms with Gasteiger partial charge in [0.1, 0.15) is 0 Å². The molecule has 2 bridgehead atoms. The zero-order valence-corrected chi connectivity index (χ0v) is 13.5. The van der Waals surface area contributed by atoms with Crippen LogP contribution in [0.15, 0.2) is 12.1 Å². The molecule has 120 valence electrons. The Morgan fingerprint density at radius 2 is 2.09 bits per heavy atom. The quantitative estimate of drug-likeness (QED) is 0.904. The van der Waals surface area contributed by atoms with Crippen LogP contribution in [0.5, 0.6) is 5.75 Å². The second kappa shape index (κ2) is 5.39. The first-order valence-electron chi connectivity index (χ1n) is 8.34. The maximum absolute atomic E-state index is 6.29. The van der Waals surface area contributed by atoms with Crippen LogP contribution in [0.2, 0.25) is 0 Å². The first kappa shape index (κ1) is 14.3. The summed E-state index contributed by atoms with van der Waals surface area (Å²) in [7, 11) is 1.72. The Bertz CT molecular complexity index is 551. The monoisotopic (exact) mass is 303 g/mol. The highest BCUT2D eigenvalue weighted by molar-refractivity contribution is 5.53. The van der Waals surface area contributed by atoms with E-state index in [1.54, 1.807) is 7.11 Å². The van der Waals surface area contributed by atoms with E-state index in [9.17, 15) is 0 Å². The largest absolute Gasteiger partial charge is 0.493 e. The lowest BCUT2D eigenvalue weighted by molar-refractivity contribution is -0.0846. The molecule has 0 amide bonds. The van der Waals surface area contributed by atoms with Gasteiger partial charge in [-0.3, -0.25) is 0 Å². The van der Waals surface area contributed by atoms with Crippen molar-refractivity contribution in [1.29, 1.82) is 0 Å². The third-order valence-corrected chi connectivity index (χ3v) is 5.32. The summed E-state index contributed by atoms with van der Waals surface area (Å²) < 4.78 is 11.8. The number of aryl methyl sites for hydroxylation is 1. The average Bonchev–Trinajstić information content (AvgIpc) is 2.87. The summed E-state index contributed by atoms with van der Waals surface area (Å²) in [6.45, 7) is 4.62. The Morgan fingerprint density at radius 3 is 2.82 bits per heavy atom. The molecule has 0 radical (unpaired) electrons. The SMILES string of the molecule is COc1ccc(C)nc1N1CCOC2(C[C@H]3CC[C@@H](C2)N3)C1. The first-order chi connectivity index (χ1) is 10.7. The van der Waals surface area contributed by atoms with E-state index in [1.165, 1.54) is 12.8 Å². The van der Waals surface area contributed by atoms with Gasteiger partial charge in [0.05, 0.1) is 19.3 Å². The van der Waals surface area contributed by atoms with Gasteiger partial charge in [-0.2, -0.15) is 0 Å². The summed E-state index contributed by atoms with van der Waals surface area (Å²) in [6, 6.07) is 5.28. The lowest BCUT2D eigenvalue weighted by atomic mass is 9.85. The van der Waals surface area contributed by atoms with Crippen molar-refractivity contribution in [3.63, 3.8) is 0 Å². The minimum Gasteiger partial charge on any atom is -0.493 e. The molecule has 3 aliphatic rings. The lowest BCUT2D eigenvalue weighted by Crippen LogP contribution is -2.59. The molecule has 1 N–H and O–H groups in total.